The number of rotatable bonds is 5. The summed E-state index contributed by atoms with van der Waals surface area (Å²) in [6.07, 6.45) is 6.39. The number of thioether (sulfide) groups is 1. The van der Waals surface area contributed by atoms with Crippen LogP contribution < -0.4 is 9.47 Å². The number of carbonyl (C=O) groups is 1. The van der Waals surface area contributed by atoms with Gasteiger partial charge in [0.05, 0.1) is 29.3 Å². The lowest BCUT2D eigenvalue weighted by Gasteiger charge is -2.35. The van der Waals surface area contributed by atoms with Gasteiger partial charge in [-0.2, -0.15) is 0 Å². The molecule has 32 heavy (non-hydrogen) atoms. The van der Waals surface area contributed by atoms with Crippen molar-refractivity contribution >= 4 is 50.5 Å². The van der Waals surface area contributed by atoms with Gasteiger partial charge in [0.1, 0.15) is 11.5 Å². The first-order valence-corrected chi connectivity index (χ1v) is 12.4. The molecule has 4 rings (SSSR count). The highest BCUT2D eigenvalue weighted by Gasteiger charge is 2.41. The summed E-state index contributed by atoms with van der Waals surface area (Å²) in [5, 5.41) is 0.748. The predicted molar refractivity (Wildman–Crippen MR) is 135 cm³/mol. The number of hydrogen-bond acceptors (Lipinski definition) is 5. The Hall–Kier alpha value is -2.25. The largest absolute Gasteiger partial charge is 0.496 e. The summed E-state index contributed by atoms with van der Waals surface area (Å²) in [7, 11) is 3.23. The molecule has 1 amide bonds. The zero-order chi connectivity index (χ0) is 22.7. The van der Waals surface area contributed by atoms with Crippen LogP contribution in [0.3, 0.4) is 0 Å². The number of methoxy groups -OCH3 is 2. The number of carbonyl (C=O) groups excluding carboxylic acids is 1. The predicted octanol–water partition coefficient (Wildman–Crippen LogP) is 6.65. The van der Waals surface area contributed by atoms with Crippen molar-refractivity contribution in [2.24, 2.45) is 10.9 Å². The highest BCUT2D eigenvalue weighted by Crippen LogP contribution is 2.42. The average Bonchev–Trinajstić information content (AvgIpc) is 3.09. The third-order valence-corrected chi connectivity index (χ3v) is 7.61. The van der Waals surface area contributed by atoms with Crippen LogP contribution in [0.1, 0.15) is 38.2 Å². The quantitative estimate of drug-likeness (QED) is 0.419. The average molecular weight is 515 g/mol. The van der Waals surface area contributed by atoms with Crippen LogP contribution in [0, 0.1) is 5.92 Å². The van der Waals surface area contributed by atoms with Gasteiger partial charge in [0.15, 0.2) is 5.17 Å². The van der Waals surface area contributed by atoms with E-state index in [1.165, 1.54) is 18.2 Å². The molecular formula is C25H27BrN2O3S. The lowest BCUT2D eigenvalue weighted by Crippen LogP contribution is -2.44. The van der Waals surface area contributed by atoms with Gasteiger partial charge in [-0.1, -0.05) is 38.0 Å². The maximum absolute atomic E-state index is 13.6. The molecule has 0 N–H and O–H groups in total. The first-order valence-electron chi connectivity index (χ1n) is 10.8. The Bertz CT molecular complexity index is 1050. The Balaban J connectivity index is 1.75. The number of halogens is 1. The lowest BCUT2D eigenvalue weighted by atomic mass is 9.85. The number of aliphatic imine (C=N–C) groups is 1. The van der Waals surface area contributed by atoms with Crippen molar-refractivity contribution in [2.75, 3.05) is 14.2 Å². The van der Waals surface area contributed by atoms with E-state index in [-0.39, 0.29) is 11.9 Å². The minimum Gasteiger partial charge on any atom is -0.496 e. The molecule has 1 aliphatic carbocycles. The van der Waals surface area contributed by atoms with E-state index >= 15 is 0 Å². The number of benzene rings is 2. The van der Waals surface area contributed by atoms with Crippen LogP contribution in [0.4, 0.5) is 5.69 Å². The van der Waals surface area contributed by atoms with E-state index in [2.05, 4.69) is 22.9 Å². The lowest BCUT2D eigenvalue weighted by molar-refractivity contribution is -0.124. The van der Waals surface area contributed by atoms with E-state index in [0.29, 0.717) is 22.3 Å². The van der Waals surface area contributed by atoms with Crippen molar-refractivity contribution in [3.63, 3.8) is 0 Å². The van der Waals surface area contributed by atoms with Gasteiger partial charge in [-0.05, 0) is 70.7 Å². The fourth-order valence-corrected chi connectivity index (χ4v) is 5.85. The Labute approximate surface area is 202 Å². The normalized spacial score (nSPS) is 23.8. The van der Waals surface area contributed by atoms with Gasteiger partial charge in [-0.3, -0.25) is 9.69 Å². The maximum Gasteiger partial charge on any atom is 0.267 e. The number of ether oxygens (including phenoxy) is 2. The summed E-state index contributed by atoms with van der Waals surface area (Å²) in [5.74, 6) is 1.78. The summed E-state index contributed by atoms with van der Waals surface area (Å²) in [5.41, 5.74) is 1.66. The Morgan fingerprint density at radius 2 is 1.81 bits per heavy atom. The SMILES string of the molecule is COc1cc(OC)c(/C=C2\SC(=Nc3ccccc3)N([C@H]3CCCC[C@@H]3C)C2=O)cc1Br. The second-order valence-electron chi connectivity index (χ2n) is 8.07. The van der Waals surface area contributed by atoms with Gasteiger partial charge >= 0.3 is 0 Å². The molecule has 7 heteroatoms. The first-order chi connectivity index (χ1) is 15.5. The zero-order valence-electron chi connectivity index (χ0n) is 18.5. The van der Waals surface area contributed by atoms with Crippen LogP contribution in [0.25, 0.3) is 6.08 Å². The second-order valence-corrected chi connectivity index (χ2v) is 9.94. The molecular weight excluding hydrogens is 488 g/mol. The minimum absolute atomic E-state index is 0.0115. The van der Waals surface area contributed by atoms with Crippen LogP contribution in [0.5, 0.6) is 11.5 Å². The van der Waals surface area contributed by atoms with Gasteiger partial charge < -0.3 is 9.47 Å². The third-order valence-electron chi connectivity index (χ3n) is 6.01. The minimum atomic E-state index is 0.0115. The molecule has 168 valence electrons. The molecule has 2 aliphatic rings. The third kappa shape index (κ3) is 4.74. The van der Waals surface area contributed by atoms with E-state index in [9.17, 15) is 4.79 Å². The molecule has 1 saturated carbocycles. The Morgan fingerprint density at radius 1 is 1.09 bits per heavy atom. The number of amides is 1. The molecule has 5 nitrogen and oxygen atoms in total. The van der Waals surface area contributed by atoms with Crippen molar-refractivity contribution in [1.82, 2.24) is 4.90 Å². The van der Waals surface area contributed by atoms with Crippen molar-refractivity contribution in [3.05, 3.63) is 57.4 Å². The molecule has 1 aliphatic heterocycles. The van der Waals surface area contributed by atoms with Crippen LogP contribution in [-0.4, -0.2) is 36.2 Å². The van der Waals surface area contributed by atoms with Crippen molar-refractivity contribution in [1.29, 1.82) is 0 Å². The molecule has 1 saturated heterocycles. The van der Waals surface area contributed by atoms with Crippen LogP contribution in [0.15, 0.2) is 56.8 Å². The Morgan fingerprint density at radius 3 is 2.50 bits per heavy atom. The van der Waals surface area contributed by atoms with E-state index < -0.39 is 0 Å². The molecule has 1 heterocycles. The van der Waals surface area contributed by atoms with Crippen LogP contribution >= 0.6 is 27.7 Å². The van der Waals surface area contributed by atoms with E-state index in [4.69, 9.17) is 14.5 Å². The summed E-state index contributed by atoms with van der Waals surface area (Å²) in [6.45, 7) is 2.24. The number of amidine groups is 1. The zero-order valence-corrected chi connectivity index (χ0v) is 20.9. The summed E-state index contributed by atoms with van der Waals surface area (Å²) >= 11 is 4.97. The van der Waals surface area contributed by atoms with Gasteiger partial charge in [0, 0.05) is 17.7 Å². The molecule has 2 fully saturated rings. The van der Waals surface area contributed by atoms with Gasteiger partial charge in [0.25, 0.3) is 5.91 Å². The smallest absolute Gasteiger partial charge is 0.267 e. The number of para-hydroxylation sites is 1. The number of nitrogens with zero attached hydrogens (tertiary/aromatic N) is 2. The molecule has 2 aromatic carbocycles. The molecule has 0 spiro atoms. The molecule has 0 radical (unpaired) electrons. The fourth-order valence-electron chi connectivity index (χ4n) is 4.29. The topological polar surface area (TPSA) is 51.1 Å². The first kappa shape index (κ1) is 22.9. The van der Waals surface area contributed by atoms with Crippen molar-refractivity contribution < 1.29 is 14.3 Å². The van der Waals surface area contributed by atoms with E-state index in [0.717, 1.165) is 40.2 Å². The highest BCUT2D eigenvalue weighted by molar-refractivity contribution is 9.10. The second kappa shape index (κ2) is 10.1. The van der Waals surface area contributed by atoms with Crippen molar-refractivity contribution in [2.45, 2.75) is 38.6 Å². The molecule has 0 unspecified atom stereocenters. The van der Waals surface area contributed by atoms with Crippen LogP contribution in [0.2, 0.25) is 0 Å². The summed E-state index contributed by atoms with van der Waals surface area (Å²) in [6, 6.07) is 13.7. The molecule has 0 aromatic heterocycles. The molecule has 2 aromatic rings. The standard InChI is InChI=1S/C25H27BrN2O3S/c1-16-9-7-8-12-20(16)28-24(29)23(32-25(28)27-18-10-5-4-6-11-18)14-17-13-19(26)22(31-3)15-21(17)30-2/h4-6,10-11,13-16,20H,7-9,12H2,1-3H3/b23-14-,27-25?/t16-,20-/m0/s1. The van der Waals surface area contributed by atoms with Crippen molar-refractivity contribution in [3.8, 4) is 11.5 Å². The fraction of sp³-hybridized carbons (Fsp3) is 0.360. The maximum atomic E-state index is 13.6. The Kier molecular flexibility index (Phi) is 7.26. The van der Waals surface area contributed by atoms with E-state index in [1.54, 1.807) is 14.2 Å². The van der Waals surface area contributed by atoms with Crippen LogP contribution in [-0.2, 0) is 4.79 Å². The number of hydrogen-bond donors (Lipinski definition) is 0. The van der Waals surface area contributed by atoms with Gasteiger partial charge in [-0.25, -0.2) is 4.99 Å². The molecule has 0 bridgehead atoms. The monoisotopic (exact) mass is 514 g/mol. The molecule has 2 atom stereocenters. The van der Waals surface area contributed by atoms with E-state index in [1.807, 2.05) is 53.4 Å². The summed E-state index contributed by atoms with van der Waals surface area (Å²) in [4.78, 5) is 21.1. The highest BCUT2D eigenvalue weighted by atomic mass is 79.9. The summed E-state index contributed by atoms with van der Waals surface area (Å²) < 4.78 is 11.7. The van der Waals surface area contributed by atoms with Gasteiger partial charge in [0.2, 0.25) is 0 Å². The van der Waals surface area contributed by atoms with Gasteiger partial charge in [-0.15, -0.1) is 0 Å².